The summed E-state index contributed by atoms with van der Waals surface area (Å²) in [6, 6.07) is 15.4. The van der Waals surface area contributed by atoms with Gasteiger partial charge in [-0.2, -0.15) is 0 Å². The first-order chi connectivity index (χ1) is 19.7. The van der Waals surface area contributed by atoms with Crippen molar-refractivity contribution in [2.75, 3.05) is 18.6 Å². The third-order valence-corrected chi connectivity index (χ3v) is 7.49. The van der Waals surface area contributed by atoms with Gasteiger partial charge in [0.15, 0.2) is 5.82 Å². The fourth-order valence-electron chi connectivity index (χ4n) is 5.41. The largest absolute Gasteiger partial charge is 0.494 e. The minimum atomic E-state index is -0.652. The number of halogens is 2. The van der Waals surface area contributed by atoms with Crippen LogP contribution in [0.2, 0.25) is 5.02 Å². The topological polar surface area (TPSA) is 73.7 Å². The highest BCUT2D eigenvalue weighted by Gasteiger charge is 2.44. The third-order valence-electron chi connectivity index (χ3n) is 7.19. The Morgan fingerprint density at radius 1 is 1.12 bits per heavy atom. The van der Waals surface area contributed by atoms with Crippen LogP contribution in [0.1, 0.15) is 65.7 Å². The van der Waals surface area contributed by atoms with E-state index >= 15 is 4.39 Å². The van der Waals surface area contributed by atoms with Crippen molar-refractivity contribution in [2.24, 2.45) is 0 Å². The number of methoxy groups -OCH3 is 1. The van der Waals surface area contributed by atoms with Gasteiger partial charge in [-0.3, -0.25) is 19.5 Å². The number of pyridine rings is 1. The van der Waals surface area contributed by atoms with Crippen LogP contribution in [0, 0.1) is 12.7 Å². The summed E-state index contributed by atoms with van der Waals surface area (Å²) in [5.41, 5.74) is 5.11. The lowest BCUT2D eigenvalue weighted by Crippen LogP contribution is -2.30. The molecule has 3 heterocycles. The number of carbonyl (C=O) groups excluding carboxylic acids is 2. The van der Waals surface area contributed by atoms with Gasteiger partial charge in [-0.05, 0) is 57.5 Å². The van der Waals surface area contributed by atoms with Crippen LogP contribution in [0.3, 0.4) is 0 Å². The number of benzene rings is 2. The average Bonchev–Trinajstić information content (AvgIpc) is 3.46. The van der Waals surface area contributed by atoms with E-state index in [0.29, 0.717) is 22.6 Å². The highest BCUT2D eigenvalue weighted by atomic mass is 35.5. The van der Waals surface area contributed by atoms with Crippen LogP contribution in [0.25, 0.3) is 11.3 Å². The maximum Gasteiger partial charge on any atom is 0.311 e. The lowest BCUT2D eigenvalue weighted by molar-refractivity contribution is -0.142. The molecule has 1 unspecified atom stereocenters. The van der Waals surface area contributed by atoms with Crippen LogP contribution in [0.15, 0.2) is 60.8 Å². The number of aryl methyl sites for hydroxylation is 1. The molecule has 0 saturated carbocycles. The quantitative estimate of drug-likeness (QED) is 0.210. The number of aromatic nitrogens is 2. The number of carbonyl (C=O) groups is 2. The number of anilines is 1. The van der Waals surface area contributed by atoms with Crippen molar-refractivity contribution in [2.45, 2.75) is 46.2 Å². The molecule has 0 bridgehead atoms. The lowest BCUT2D eigenvalue weighted by Gasteiger charge is -2.29. The lowest BCUT2D eigenvalue weighted by atomic mass is 10.0. The Kier molecular flexibility index (Phi) is 7.87. The Hall–Kier alpha value is -4.17. The molecular weight excluding hydrogens is 545 g/mol. The van der Waals surface area contributed by atoms with Gasteiger partial charge >= 0.3 is 5.97 Å². The molecule has 2 aromatic heterocycles. The molecule has 41 heavy (non-hydrogen) atoms. The van der Waals surface area contributed by atoms with Gasteiger partial charge in [0.05, 0.1) is 59.7 Å². The maximum atomic E-state index is 15.4. The normalized spacial score (nSPS) is 14.5. The van der Waals surface area contributed by atoms with Gasteiger partial charge in [-0.15, -0.1) is 0 Å². The van der Waals surface area contributed by atoms with Crippen molar-refractivity contribution in [3.63, 3.8) is 0 Å². The number of hydrogen-bond acceptors (Lipinski definition) is 5. The van der Waals surface area contributed by atoms with Gasteiger partial charge in [0, 0.05) is 11.6 Å². The predicted octanol–water partition coefficient (Wildman–Crippen LogP) is 7.10. The molecule has 0 fully saturated rings. The van der Waals surface area contributed by atoms with E-state index < -0.39 is 11.9 Å². The fraction of sp³-hybridized carbons (Fsp3) is 0.281. The number of hydrogen-bond donors (Lipinski definition) is 0. The molecule has 212 valence electrons. The number of fused-ring (bicyclic) bond motifs is 1. The molecule has 0 N–H and O–H groups in total. The molecular formula is C32H31ClFN3O4. The van der Waals surface area contributed by atoms with Crippen LogP contribution in [0.4, 0.5) is 10.1 Å². The molecule has 9 heteroatoms. The maximum absolute atomic E-state index is 15.4. The SMILES string of the molecule is CCOC(=O)Cc1cc(-c2cc3c(n2C(C)C)C(c2ccc(C)cc2)N(c2cccc(Cl)c2F)C3=O)c(OC)cn1. The molecule has 5 rings (SSSR count). The van der Waals surface area contributed by atoms with E-state index in [2.05, 4.69) is 9.55 Å². The smallest absolute Gasteiger partial charge is 0.311 e. The first-order valence-corrected chi connectivity index (χ1v) is 13.8. The minimum absolute atomic E-state index is 0.000319. The Morgan fingerprint density at radius 3 is 2.51 bits per heavy atom. The Bertz CT molecular complexity index is 1630. The van der Waals surface area contributed by atoms with Gasteiger partial charge in [0.1, 0.15) is 11.8 Å². The van der Waals surface area contributed by atoms with Gasteiger partial charge in [0.2, 0.25) is 0 Å². The van der Waals surface area contributed by atoms with Crippen LogP contribution in [-0.2, 0) is 16.0 Å². The molecule has 0 aliphatic carbocycles. The Morgan fingerprint density at radius 2 is 1.85 bits per heavy atom. The second-order valence-corrected chi connectivity index (χ2v) is 10.6. The summed E-state index contributed by atoms with van der Waals surface area (Å²) < 4.78 is 28.3. The Labute approximate surface area is 243 Å². The highest BCUT2D eigenvalue weighted by molar-refractivity contribution is 6.31. The average molecular weight is 576 g/mol. The number of ether oxygens (including phenoxy) is 2. The van der Waals surface area contributed by atoms with Crippen molar-refractivity contribution < 1.29 is 23.5 Å². The van der Waals surface area contributed by atoms with Gasteiger partial charge < -0.3 is 14.0 Å². The van der Waals surface area contributed by atoms with E-state index in [1.807, 2.05) is 51.1 Å². The summed E-state index contributed by atoms with van der Waals surface area (Å²) in [4.78, 5) is 32.2. The zero-order valence-electron chi connectivity index (χ0n) is 23.6. The van der Waals surface area contributed by atoms with E-state index in [-0.39, 0.29) is 41.7 Å². The van der Waals surface area contributed by atoms with Gasteiger partial charge in [-0.25, -0.2) is 4.39 Å². The first kappa shape index (κ1) is 28.4. The molecule has 0 radical (unpaired) electrons. The summed E-state index contributed by atoms with van der Waals surface area (Å²) in [5, 5.41) is -0.0578. The van der Waals surface area contributed by atoms with Gasteiger partial charge in [0.25, 0.3) is 5.91 Å². The summed E-state index contributed by atoms with van der Waals surface area (Å²) in [5.74, 6) is -0.882. The molecule has 0 spiro atoms. The van der Waals surface area contributed by atoms with Crippen LogP contribution in [0.5, 0.6) is 5.75 Å². The van der Waals surface area contributed by atoms with Crippen LogP contribution >= 0.6 is 11.6 Å². The monoisotopic (exact) mass is 575 g/mol. The number of nitrogens with zero attached hydrogens (tertiary/aromatic N) is 3. The van der Waals surface area contributed by atoms with Crippen LogP contribution in [-0.4, -0.2) is 35.1 Å². The van der Waals surface area contributed by atoms with Crippen LogP contribution < -0.4 is 9.64 Å². The molecule has 1 aliphatic rings. The van der Waals surface area contributed by atoms with Crippen molar-refractivity contribution in [1.82, 2.24) is 9.55 Å². The van der Waals surface area contributed by atoms with Crippen molar-refractivity contribution in [3.05, 3.63) is 99.7 Å². The van der Waals surface area contributed by atoms with Gasteiger partial charge in [-0.1, -0.05) is 47.5 Å². The molecule has 1 atom stereocenters. The molecule has 1 aliphatic heterocycles. The zero-order chi connectivity index (χ0) is 29.4. The van der Waals surface area contributed by atoms with E-state index in [9.17, 15) is 9.59 Å². The highest BCUT2D eigenvalue weighted by Crippen LogP contribution is 2.48. The standard InChI is InChI=1S/C32H31ClFN3O4/c1-6-41-28(38)15-21-14-22(27(40-5)17-35-21)26-16-23-31(36(26)18(2)3)30(20-12-10-19(4)11-13-20)37(32(23)39)25-9-7-8-24(33)29(25)34/h7-14,16-18,30H,6,15H2,1-5H3. The number of esters is 1. The van der Waals surface area contributed by atoms with E-state index in [1.54, 1.807) is 38.4 Å². The number of amides is 1. The molecule has 0 saturated heterocycles. The minimum Gasteiger partial charge on any atom is -0.494 e. The molecule has 7 nitrogen and oxygen atoms in total. The summed E-state index contributed by atoms with van der Waals surface area (Å²) in [7, 11) is 1.55. The summed E-state index contributed by atoms with van der Waals surface area (Å²) in [6.45, 7) is 8.06. The molecule has 2 aromatic carbocycles. The molecule has 4 aromatic rings. The third kappa shape index (κ3) is 5.08. The summed E-state index contributed by atoms with van der Waals surface area (Å²) >= 11 is 6.16. The summed E-state index contributed by atoms with van der Waals surface area (Å²) in [6.07, 6.45) is 1.57. The predicted molar refractivity (Wildman–Crippen MR) is 156 cm³/mol. The van der Waals surface area contributed by atoms with E-state index in [1.165, 1.54) is 11.0 Å². The Balaban J connectivity index is 1.74. The van der Waals surface area contributed by atoms with E-state index in [0.717, 1.165) is 22.5 Å². The van der Waals surface area contributed by atoms with Crippen molar-refractivity contribution >= 4 is 29.2 Å². The number of rotatable bonds is 8. The second-order valence-electron chi connectivity index (χ2n) is 10.2. The first-order valence-electron chi connectivity index (χ1n) is 13.4. The van der Waals surface area contributed by atoms with Crippen molar-refractivity contribution in [3.8, 4) is 17.0 Å². The fourth-order valence-corrected chi connectivity index (χ4v) is 5.58. The molecule has 1 amide bonds. The zero-order valence-corrected chi connectivity index (χ0v) is 24.3. The van der Waals surface area contributed by atoms with Crippen molar-refractivity contribution in [1.29, 1.82) is 0 Å². The van der Waals surface area contributed by atoms with E-state index in [4.69, 9.17) is 21.1 Å². The second kappa shape index (κ2) is 11.4.